The van der Waals surface area contributed by atoms with Crippen molar-refractivity contribution in [3.8, 4) is 5.69 Å². The molecular weight excluding hydrogens is 312 g/mol. The normalized spacial score (nSPS) is 15.3. The summed E-state index contributed by atoms with van der Waals surface area (Å²) in [6, 6.07) is 11.6. The van der Waals surface area contributed by atoms with Crippen LogP contribution in [0.4, 0.5) is 0 Å². The molecule has 3 heterocycles. The number of hydrogen-bond donors (Lipinski definition) is 0. The lowest BCUT2D eigenvalue weighted by atomic mass is 10.1. The predicted molar refractivity (Wildman–Crippen MR) is 98.0 cm³/mol. The van der Waals surface area contributed by atoms with E-state index in [9.17, 15) is 4.79 Å². The molecule has 128 valence electrons. The van der Waals surface area contributed by atoms with Crippen LogP contribution in [0.25, 0.3) is 16.9 Å². The number of likely N-dealkylation sites (tertiary alicyclic amines) is 1. The van der Waals surface area contributed by atoms with Crippen molar-refractivity contribution < 1.29 is 4.79 Å². The van der Waals surface area contributed by atoms with Gasteiger partial charge in [-0.15, -0.1) is 0 Å². The smallest absolute Gasteiger partial charge is 0.253 e. The number of amides is 1. The Bertz CT molecular complexity index is 890. The highest BCUT2D eigenvalue weighted by Gasteiger charge is 2.17. The van der Waals surface area contributed by atoms with E-state index in [-0.39, 0.29) is 5.91 Å². The van der Waals surface area contributed by atoms with E-state index in [0.29, 0.717) is 0 Å². The molecule has 0 atom stereocenters. The van der Waals surface area contributed by atoms with Crippen LogP contribution in [0.1, 0.15) is 41.9 Å². The summed E-state index contributed by atoms with van der Waals surface area (Å²) in [4.78, 5) is 23.7. The fourth-order valence-electron chi connectivity index (χ4n) is 3.54. The van der Waals surface area contributed by atoms with Crippen molar-refractivity contribution in [2.24, 2.45) is 0 Å². The Kier molecular flexibility index (Phi) is 4.22. The van der Waals surface area contributed by atoms with E-state index >= 15 is 0 Å². The number of hydrogen-bond acceptors (Lipinski definition) is 3. The van der Waals surface area contributed by atoms with Crippen LogP contribution in [-0.4, -0.2) is 38.4 Å². The highest BCUT2D eigenvalue weighted by atomic mass is 16.2. The Hall–Kier alpha value is -2.69. The quantitative estimate of drug-likeness (QED) is 0.717. The van der Waals surface area contributed by atoms with Crippen LogP contribution in [-0.2, 0) is 0 Å². The summed E-state index contributed by atoms with van der Waals surface area (Å²) in [6.07, 6.45) is 6.44. The number of aryl methyl sites for hydroxylation is 1. The van der Waals surface area contributed by atoms with Crippen molar-refractivity contribution in [3.05, 3.63) is 54.0 Å². The first-order chi connectivity index (χ1) is 12.2. The minimum absolute atomic E-state index is 0.138. The maximum atomic E-state index is 12.7. The molecule has 1 fully saturated rings. The minimum Gasteiger partial charge on any atom is -0.339 e. The second kappa shape index (κ2) is 6.67. The van der Waals surface area contributed by atoms with Crippen LogP contribution in [0.3, 0.4) is 0 Å². The molecule has 2 aromatic heterocycles. The summed E-state index contributed by atoms with van der Waals surface area (Å²) in [5.41, 5.74) is 3.45. The summed E-state index contributed by atoms with van der Waals surface area (Å²) in [5, 5.41) is 0. The molecule has 0 saturated carbocycles. The van der Waals surface area contributed by atoms with Crippen molar-refractivity contribution in [3.63, 3.8) is 0 Å². The molecule has 0 bridgehead atoms. The van der Waals surface area contributed by atoms with Gasteiger partial charge in [0, 0.05) is 30.5 Å². The molecule has 1 aliphatic heterocycles. The molecular formula is C20H22N4O. The molecule has 3 aromatic rings. The van der Waals surface area contributed by atoms with E-state index in [1.165, 1.54) is 12.8 Å². The van der Waals surface area contributed by atoms with Gasteiger partial charge in [-0.25, -0.2) is 9.97 Å². The monoisotopic (exact) mass is 334 g/mol. The highest BCUT2D eigenvalue weighted by Crippen LogP contribution is 2.20. The van der Waals surface area contributed by atoms with Gasteiger partial charge in [-0.05, 0) is 56.2 Å². The Morgan fingerprint density at radius 1 is 1.00 bits per heavy atom. The zero-order valence-corrected chi connectivity index (χ0v) is 14.5. The molecule has 1 amide bonds. The standard InChI is InChI=1S/C20H22N4O/c1-15-22-18-7-6-12-21-19(18)24(15)17-10-8-16(9-11-17)20(25)23-13-4-2-3-5-14-23/h6-12H,2-5,13-14H2,1H3. The predicted octanol–water partition coefficient (Wildman–Crippen LogP) is 3.75. The van der Waals surface area contributed by atoms with Crippen LogP contribution >= 0.6 is 0 Å². The Morgan fingerprint density at radius 2 is 1.72 bits per heavy atom. The number of imidazole rings is 1. The lowest BCUT2D eigenvalue weighted by Gasteiger charge is -2.20. The Balaban J connectivity index is 1.63. The van der Waals surface area contributed by atoms with Gasteiger partial charge in [-0.1, -0.05) is 12.8 Å². The second-order valence-corrected chi connectivity index (χ2v) is 6.59. The summed E-state index contributed by atoms with van der Waals surface area (Å²) >= 11 is 0. The molecule has 1 aliphatic rings. The van der Waals surface area contributed by atoms with Gasteiger partial charge in [0.25, 0.3) is 5.91 Å². The van der Waals surface area contributed by atoms with Crippen molar-refractivity contribution in [2.75, 3.05) is 13.1 Å². The fourth-order valence-corrected chi connectivity index (χ4v) is 3.54. The number of pyridine rings is 1. The van der Waals surface area contributed by atoms with E-state index in [0.717, 1.165) is 54.2 Å². The zero-order chi connectivity index (χ0) is 17.2. The highest BCUT2D eigenvalue weighted by molar-refractivity contribution is 5.94. The molecule has 0 spiro atoms. The van der Waals surface area contributed by atoms with Crippen molar-refractivity contribution >= 4 is 17.1 Å². The third-order valence-electron chi connectivity index (χ3n) is 4.85. The van der Waals surface area contributed by atoms with Crippen LogP contribution in [0.2, 0.25) is 0 Å². The summed E-state index contributed by atoms with van der Waals surface area (Å²) in [7, 11) is 0. The number of fused-ring (bicyclic) bond motifs is 1. The molecule has 5 heteroatoms. The minimum atomic E-state index is 0.138. The number of benzene rings is 1. The molecule has 1 aromatic carbocycles. The maximum absolute atomic E-state index is 12.7. The topological polar surface area (TPSA) is 51.0 Å². The fraction of sp³-hybridized carbons (Fsp3) is 0.350. The molecule has 1 saturated heterocycles. The van der Waals surface area contributed by atoms with Gasteiger partial charge in [0.1, 0.15) is 11.3 Å². The summed E-state index contributed by atoms with van der Waals surface area (Å²) in [5.74, 6) is 1.03. The average Bonchev–Trinajstić information content (AvgIpc) is 2.81. The average molecular weight is 334 g/mol. The molecule has 5 nitrogen and oxygen atoms in total. The third-order valence-corrected chi connectivity index (χ3v) is 4.85. The van der Waals surface area contributed by atoms with Gasteiger partial charge in [0.15, 0.2) is 5.65 Å². The third kappa shape index (κ3) is 3.02. The lowest BCUT2D eigenvalue weighted by molar-refractivity contribution is 0.0761. The van der Waals surface area contributed by atoms with Gasteiger partial charge < -0.3 is 4.90 Å². The Morgan fingerprint density at radius 3 is 2.44 bits per heavy atom. The first kappa shape index (κ1) is 15.8. The summed E-state index contributed by atoms with van der Waals surface area (Å²) in [6.45, 7) is 3.71. The SMILES string of the molecule is Cc1nc2cccnc2n1-c1ccc(C(=O)N2CCCCCC2)cc1. The molecule has 0 unspecified atom stereocenters. The number of aromatic nitrogens is 3. The second-order valence-electron chi connectivity index (χ2n) is 6.59. The van der Waals surface area contributed by atoms with Gasteiger partial charge in [0.2, 0.25) is 0 Å². The van der Waals surface area contributed by atoms with Crippen LogP contribution in [0.5, 0.6) is 0 Å². The van der Waals surface area contributed by atoms with Crippen LogP contribution in [0.15, 0.2) is 42.6 Å². The number of nitrogens with zero attached hydrogens (tertiary/aromatic N) is 4. The molecule has 0 N–H and O–H groups in total. The van der Waals surface area contributed by atoms with Gasteiger partial charge in [-0.2, -0.15) is 0 Å². The number of carbonyl (C=O) groups excluding carboxylic acids is 1. The molecule has 0 radical (unpaired) electrons. The molecule has 25 heavy (non-hydrogen) atoms. The van der Waals surface area contributed by atoms with Gasteiger partial charge in [0.05, 0.1) is 0 Å². The van der Waals surface area contributed by atoms with Gasteiger partial charge in [-0.3, -0.25) is 9.36 Å². The van der Waals surface area contributed by atoms with E-state index in [4.69, 9.17) is 0 Å². The van der Waals surface area contributed by atoms with Crippen molar-refractivity contribution in [1.82, 2.24) is 19.4 Å². The van der Waals surface area contributed by atoms with E-state index < -0.39 is 0 Å². The lowest BCUT2D eigenvalue weighted by Crippen LogP contribution is -2.31. The maximum Gasteiger partial charge on any atom is 0.253 e. The molecule has 0 aliphatic carbocycles. The number of rotatable bonds is 2. The van der Waals surface area contributed by atoms with Gasteiger partial charge >= 0.3 is 0 Å². The van der Waals surface area contributed by atoms with Crippen LogP contribution in [0, 0.1) is 6.92 Å². The number of carbonyl (C=O) groups is 1. The zero-order valence-electron chi connectivity index (χ0n) is 14.5. The van der Waals surface area contributed by atoms with E-state index in [1.807, 2.05) is 52.8 Å². The van der Waals surface area contributed by atoms with Crippen molar-refractivity contribution in [2.45, 2.75) is 32.6 Å². The largest absolute Gasteiger partial charge is 0.339 e. The first-order valence-electron chi connectivity index (χ1n) is 8.94. The summed E-state index contributed by atoms with van der Waals surface area (Å²) < 4.78 is 2.02. The molecule has 4 rings (SSSR count). The first-order valence-corrected chi connectivity index (χ1v) is 8.94. The van der Waals surface area contributed by atoms with Crippen molar-refractivity contribution in [1.29, 1.82) is 0 Å². The van der Waals surface area contributed by atoms with E-state index in [2.05, 4.69) is 9.97 Å². The van der Waals surface area contributed by atoms with E-state index in [1.54, 1.807) is 6.20 Å². The Labute approximate surface area is 147 Å². The van der Waals surface area contributed by atoms with Crippen LogP contribution < -0.4 is 0 Å².